The number of aryl methyl sites for hydroxylation is 1. The minimum atomic E-state index is -0.517. The van der Waals surface area contributed by atoms with Crippen molar-refractivity contribution in [3.05, 3.63) is 29.3 Å². The summed E-state index contributed by atoms with van der Waals surface area (Å²) >= 11 is 0. The van der Waals surface area contributed by atoms with Crippen LogP contribution in [0.15, 0.2) is 18.2 Å². The molecule has 24 heavy (non-hydrogen) atoms. The van der Waals surface area contributed by atoms with E-state index in [9.17, 15) is 9.90 Å². The molecule has 1 aliphatic rings. The van der Waals surface area contributed by atoms with Crippen LogP contribution in [0.3, 0.4) is 0 Å². The zero-order valence-corrected chi connectivity index (χ0v) is 15.6. The molecule has 3 atom stereocenters. The first-order valence-electron chi connectivity index (χ1n) is 9.03. The number of rotatable bonds is 5. The van der Waals surface area contributed by atoms with E-state index in [0.29, 0.717) is 12.5 Å². The Morgan fingerprint density at radius 3 is 2.62 bits per heavy atom. The van der Waals surface area contributed by atoms with Crippen molar-refractivity contribution in [2.75, 3.05) is 13.1 Å². The lowest BCUT2D eigenvalue weighted by Gasteiger charge is -2.35. The number of carbonyl (C=O) groups excluding carboxylic acids is 1. The molecule has 0 radical (unpaired) electrons. The van der Waals surface area contributed by atoms with Gasteiger partial charge in [0.05, 0.1) is 6.10 Å². The van der Waals surface area contributed by atoms with Gasteiger partial charge < -0.3 is 14.7 Å². The Kier molecular flexibility index (Phi) is 6.27. The van der Waals surface area contributed by atoms with E-state index < -0.39 is 6.10 Å². The summed E-state index contributed by atoms with van der Waals surface area (Å²) in [6, 6.07) is 6.16. The highest BCUT2D eigenvalue weighted by molar-refractivity contribution is 5.81. The largest absolute Gasteiger partial charge is 0.481 e. The molecule has 1 aromatic carbocycles. The Labute approximate surface area is 145 Å². The normalized spacial score (nSPS) is 20.8. The number of likely N-dealkylation sites (tertiary alicyclic amines) is 1. The van der Waals surface area contributed by atoms with E-state index in [4.69, 9.17) is 4.74 Å². The number of aliphatic hydroxyl groups is 1. The predicted octanol–water partition coefficient (Wildman–Crippen LogP) is 3.51. The van der Waals surface area contributed by atoms with Crippen LogP contribution < -0.4 is 4.74 Å². The summed E-state index contributed by atoms with van der Waals surface area (Å²) in [7, 11) is 0. The van der Waals surface area contributed by atoms with Crippen molar-refractivity contribution in [1.82, 2.24) is 4.90 Å². The van der Waals surface area contributed by atoms with Crippen molar-refractivity contribution in [3.63, 3.8) is 0 Å². The summed E-state index contributed by atoms with van der Waals surface area (Å²) in [4.78, 5) is 14.6. The molecular weight excluding hydrogens is 302 g/mol. The molecule has 0 aliphatic carbocycles. The highest BCUT2D eigenvalue weighted by atomic mass is 16.5. The molecule has 0 aromatic heterocycles. The number of hydrogen-bond donors (Lipinski definition) is 1. The van der Waals surface area contributed by atoms with Crippen LogP contribution in [0.25, 0.3) is 0 Å². The molecule has 4 nitrogen and oxygen atoms in total. The zero-order valence-electron chi connectivity index (χ0n) is 15.6. The van der Waals surface area contributed by atoms with Crippen LogP contribution in [0.4, 0.5) is 0 Å². The second kappa shape index (κ2) is 8.02. The Balaban J connectivity index is 2.08. The molecule has 1 saturated heterocycles. The van der Waals surface area contributed by atoms with E-state index in [-0.39, 0.29) is 17.9 Å². The maximum atomic E-state index is 12.8. The molecule has 3 unspecified atom stereocenters. The average Bonchev–Trinajstić information content (AvgIpc) is 2.54. The van der Waals surface area contributed by atoms with Crippen LogP contribution >= 0.6 is 0 Å². The second-order valence-electron chi connectivity index (χ2n) is 7.38. The number of hydrogen-bond acceptors (Lipinski definition) is 3. The number of ether oxygens (including phenoxy) is 1. The Morgan fingerprint density at radius 1 is 1.29 bits per heavy atom. The fourth-order valence-electron chi connectivity index (χ4n) is 3.32. The fourth-order valence-corrected chi connectivity index (χ4v) is 3.32. The zero-order chi connectivity index (χ0) is 17.9. The van der Waals surface area contributed by atoms with Crippen molar-refractivity contribution in [3.8, 4) is 5.75 Å². The van der Waals surface area contributed by atoms with Gasteiger partial charge in [0.15, 0.2) is 6.10 Å². The van der Waals surface area contributed by atoms with Gasteiger partial charge in [0, 0.05) is 19.0 Å². The van der Waals surface area contributed by atoms with Crippen molar-refractivity contribution in [1.29, 1.82) is 0 Å². The molecule has 1 aliphatic heterocycles. The summed E-state index contributed by atoms with van der Waals surface area (Å²) in [6.07, 6.45) is 1.03. The van der Waals surface area contributed by atoms with Crippen LogP contribution in [-0.4, -0.2) is 41.2 Å². The molecule has 1 aromatic rings. The number of benzene rings is 1. The minimum Gasteiger partial charge on any atom is -0.481 e. The molecule has 0 bridgehead atoms. The van der Waals surface area contributed by atoms with Crippen molar-refractivity contribution in [2.24, 2.45) is 5.92 Å². The molecule has 1 heterocycles. The highest BCUT2D eigenvalue weighted by Gasteiger charge is 2.30. The van der Waals surface area contributed by atoms with E-state index in [0.717, 1.165) is 36.3 Å². The van der Waals surface area contributed by atoms with Gasteiger partial charge in [-0.1, -0.05) is 26.0 Å². The topological polar surface area (TPSA) is 49.8 Å². The molecule has 1 fully saturated rings. The quantitative estimate of drug-likeness (QED) is 0.897. The summed E-state index contributed by atoms with van der Waals surface area (Å²) in [5.41, 5.74) is 2.25. The lowest BCUT2D eigenvalue weighted by atomic mass is 9.93. The first-order chi connectivity index (χ1) is 11.3. The van der Waals surface area contributed by atoms with Gasteiger partial charge in [-0.15, -0.1) is 0 Å². The first kappa shape index (κ1) is 18.8. The highest BCUT2D eigenvalue weighted by Crippen LogP contribution is 2.29. The fraction of sp³-hybridized carbons (Fsp3) is 0.650. The van der Waals surface area contributed by atoms with Gasteiger partial charge in [0.1, 0.15) is 5.75 Å². The number of amides is 1. The lowest BCUT2D eigenvalue weighted by Crippen LogP contribution is -2.47. The Morgan fingerprint density at radius 2 is 2.00 bits per heavy atom. The predicted molar refractivity (Wildman–Crippen MR) is 96.3 cm³/mol. The second-order valence-corrected chi connectivity index (χ2v) is 7.38. The third kappa shape index (κ3) is 4.50. The van der Waals surface area contributed by atoms with Gasteiger partial charge in [-0.3, -0.25) is 4.79 Å². The van der Waals surface area contributed by atoms with Crippen LogP contribution in [0.1, 0.15) is 57.6 Å². The van der Waals surface area contributed by atoms with E-state index in [1.807, 2.05) is 24.8 Å². The number of nitrogens with zero attached hydrogens (tertiary/aromatic N) is 1. The standard InChI is InChI=1S/C20H31NO3/c1-13(2)18-9-8-14(3)11-19(18)24-16(5)20(23)21-10-6-7-17(12-21)15(4)22/h8-9,11,13,15-17,22H,6-7,10,12H2,1-5H3. The monoisotopic (exact) mass is 333 g/mol. The average molecular weight is 333 g/mol. The molecule has 0 saturated carbocycles. The molecule has 1 N–H and O–H groups in total. The van der Waals surface area contributed by atoms with Gasteiger partial charge in [0.2, 0.25) is 0 Å². The maximum Gasteiger partial charge on any atom is 0.263 e. The first-order valence-corrected chi connectivity index (χ1v) is 9.03. The summed E-state index contributed by atoms with van der Waals surface area (Å²) < 4.78 is 6.04. The third-order valence-electron chi connectivity index (χ3n) is 4.89. The lowest BCUT2D eigenvalue weighted by molar-refractivity contribution is -0.140. The SMILES string of the molecule is Cc1ccc(C(C)C)c(OC(C)C(=O)N2CCCC(C(C)O)C2)c1. The summed E-state index contributed by atoms with van der Waals surface area (Å²) in [5, 5.41) is 9.81. The minimum absolute atomic E-state index is 0.0107. The molecular formula is C20H31NO3. The van der Waals surface area contributed by atoms with Crippen molar-refractivity contribution in [2.45, 2.75) is 65.6 Å². The van der Waals surface area contributed by atoms with Gasteiger partial charge in [0.25, 0.3) is 5.91 Å². The van der Waals surface area contributed by atoms with Crippen LogP contribution in [0.5, 0.6) is 5.75 Å². The van der Waals surface area contributed by atoms with Gasteiger partial charge in [-0.2, -0.15) is 0 Å². The van der Waals surface area contributed by atoms with E-state index in [1.165, 1.54) is 0 Å². The summed E-state index contributed by atoms with van der Waals surface area (Å²) in [6.45, 7) is 11.3. The Bertz CT molecular complexity index is 568. The summed E-state index contributed by atoms with van der Waals surface area (Å²) in [5.74, 6) is 1.32. The maximum absolute atomic E-state index is 12.8. The van der Waals surface area contributed by atoms with Gasteiger partial charge >= 0.3 is 0 Å². The number of piperidine rings is 1. The smallest absolute Gasteiger partial charge is 0.263 e. The van der Waals surface area contributed by atoms with E-state index in [2.05, 4.69) is 26.0 Å². The molecule has 1 amide bonds. The van der Waals surface area contributed by atoms with E-state index in [1.54, 1.807) is 6.92 Å². The number of aliphatic hydroxyl groups excluding tert-OH is 1. The Hall–Kier alpha value is -1.55. The van der Waals surface area contributed by atoms with Gasteiger partial charge in [-0.05, 0) is 56.7 Å². The third-order valence-corrected chi connectivity index (χ3v) is 4.89. The molecule has 4 heteroatoms. The number of carbonyl (C=O) groups is 1. The van der Waals surface area contributed by atoms with Crippen LogP contribution in [0.2, 0.25) is 0 Å². The molecule has 2 rings (SSSR count). The van der Waals surface area contributed by atoms with E-state index >= 15 is 0 Å². The van der Waals surface area contributed by atoms with Crippen molar-refractivity contribution >= 4 is 5.91 Å². The molecule has 134 valence electrons. The van der Waals surface area contributed by atoms with Crippen LogP contribution in [0, 0.1) is 12.8 Å². The van der Waals surface area contributed by atoms with Gasteiger partial charge in [-0.25, -0.2) is 0 Å². The van der Waals surface area contributed by atoms with Crippen LogP contribution in [-0.2, 0) is 4.79 Å². The van der Waals surface area contributed by atoms with Crippen molar-refractivity contribution < 1.29 is 14.6 Å². The molecule has 0 spiro atoms.